The number of nitrogens with one attached hydrogen (secondary N) is 2. The molecule has 0 saturated carbocycles. The number of hydrogen-bond acceptors (Lipinski definition) is 2. The number of likely N-dealkylation sites (N-methyl/N-ethyl adjacent to an activating group) is 1. The van der Waals surface area contributed by atoms with E-state index in [0.29, 0.717) is 11.6 Å². The molecule has 0 aliphatic rings. The van der Waals surface area contributed by atoms with Crippen molar-refractivity contribution in [2.24, 2.45) is 0 Å². The summed E-state index contributed by atoms with van der Waals surface area (Å²) in [5.41, 5.74) is 0.421. The Morgan fingerprint density at radius 3 is 2.39 bits per heavy atom. The van der Waals surface area contributed by atoms with Gasteiger partial charge in [-0.05, 0) is 38.1 Å². The number of hydrogen-bond donors (Lipinski definition) is 2. The lowest BCUT2D eigenvalue weighted by Crippen LogP contribution is -2.42. The molecular weight excluding hydrogens is 248 g/mol. The zero-order valence-electron chi connectivity index (χ0n) is 11.2. The van der Waals surface area contributed by atoms with Crippen LogP contribution in [0, 0.1) is 0 Å². The van der Waals surface area contributed by atoms with Gasteiger partial charge in [0.05, 0.1) is 5.41 Å². The van der Waals surface area contributed by atoms with E-state index in [2.05, 4.69) is 10.6 Å². The summed E-state index contributed by atoms with van der Waals surface area (Å²) < 4.78 is 0. The highest BCUT2D eigenvalue weighted by molar-refractivity contribution is 6.30. The van der Waals surface area contributed by atoms with Gasteiger partial charge in [0.1, 0.15) is 0 Å². The summed E-state index contributed by atoms with van der Waals surface area (Å²) in [5.74, 6) is 0.0303. The van der Waals surface area contributed by atoms with Crippen molar-refractivity contribution in [2.45, 2.75) is 26.2 Å². The highest BCUT2D eigenvalue weighted by Gasteiger charge is 2.29. The summed E-state index contributed by atoms with van der Waals surface area (Å²) in [7, 11) is 0. The number of rotatable bonds is 6. The molecule has 3 nitrogen and oxygen atoms in total. The molecule has 2 N–H and O–H groups in total. The Morgan fingerprint density at radius 2 is 1.83 bits per heavy atom. The van der Waals surface area contributed by atoms with Gasteiger partial charge in [-0.1, -0.05) is 30.7 Å². The topological polar surface area (TPSA) is 41.1 Å². The van der Waals surface area contributed by atoms with Crippen molar-refractivity contribution in [1.82, 2.24) is 10.6 Å². The lowest BCUT2D eigenvalue weighted by molar-refractivity contribution is -0.125. The van der Waals surface area contributed by atoms with Gasteiger partial charge in [0.15, 0.2) is 0 Å². The number of amides is 1. The van der Waals surface area contributed by atoms with E-state index in [-0.39, 0.29) is 5.91 Å². The molecule has 18 heavy (non-hydrogen) atoms. The van der Waals surface area contributed by atoms with E-state index < -0.39 is 5.41 Å². The van der Waals surface area contributed by atoms with Gasteiger partial charge in [0.2, 0.25) is 5.91 Å². The van der Waals surface area contributed by atoms with Crippen molar-refractivity contribution in [2.75, 3.05) is 19.6 Å². The van der Waals surface area contributed by atoms with E-state index in [9.17, 15) is 4.79 Å². The largest absolute Gasteiger partial charge is 0.354 e. The van der Waals surface area contributed by atoms with Crippen LogP contribution in [0.1, 0.15) is 26.3 Å². The Bertz CT molecular complexity index is 387. The Morgan fingerprint density at radius 1 is 1.22 bits per heavy atom. The standard InChI is InChI=1S/C14H21ClN2O/c1-4-16-9-10-17-13(18)14(2,3)11-5-7-12(15)8-6-11/h5-8,16H,4,9-10H2,1-3H3,(H,17,18). The van der Waals surface area contributed by atoms with Gasteiger partial charge in [-0.3, -0.25) is 4.79 Å². The molecule has 0 unspecified atom stereocenters. The third-order valence-electron chi connectivity index (χ3n) is 2.97. The maximum atomic E-state index is 12.1. The van der Waals surface area contributed by atoms with Crippen LogP contribution in [-0.4, -0.2) is 25.5 Å². The van der Waals surface area contributed by atoms with Crippen molar-refractivity contribution in [3.05, 3.63) is 34.9 Å². The van der Waals surface area contributed by atoms with Gasteiger partial charge in [-0.2, -0.15) is 0 Å². The van der Waals surface area contributed by atoms with Crippen molar-refractivity contribution in [3.8, 4) is 0 Å². The molecule has 100 valence electrons. The molecular formula is C14H21ClN2O. The number of benzene rings is 1. The van der Waals surface area contributed by atoms with Crippen molar-refractivity contribution < 1.29 is 4.79 Å². The highest BCUT2D eigenvalue weighted by Crippen LogP contribution is 2.24. The molecule has 1 amide bonds. The minimum Gasteiger partial charge on any atom is -0.354 e. The maximum absolute atomic E-state index is 12.1. The molecule has 0 saturated heterocycles. The van der Waals surface area contributed by atoms with Gasteiger partial charge in [-0.15, -0.1) is 0 Å². The summed E-state index contributed by atoms with van der Waals surface area (Å²) in [6, 6.07) is 7.41. The molecule has 4 heteroatoms. The SMILES string of the molecule is CCNCCNC(=O)C(C)(C)c1ccc(Cl)cc1. The van der Waals surface area contributed by atoms with Gasteiger partial charge in [0.25, 0.3) is 0 Å². The van der Waals surface area contributed by atoms with Crippen LogP contribution < -0.4 is 10.6 Å². The number of carbonyl (C=O) groups is 1. The van der Waals surface area contributed by atoms with Crippen LogP contribution in [0.4, 0.5) is 0 Å². The molecule has 0 aliphatic heterocycles. The summed E-state index contributed by atoms with van der Waals surface area (Å²) in [5, 5.41) is 6.79. The first-order valence-corrected chi connectivity index (χ1v) is 6.61. The molecule has 0 aromatic heterocycles. The van der Waals surface area contributed by atoms with Gasteiger partial charge in [0, 0.05) is 18.1 Å². The molecule has 0 bridgehead atoms. The second-order valence-corrected chi connectivity index (χ2v) is 5.18. The predicted octanol–water partition coefficient (Wildman–Crippen LogP) is 2.34. The Labute approximate surface area is 114 Å². The van der Waals surface area contributed by atoms with Crippen LogP contribution in [0.2, 0.25) is 5.02 Å². The molecule has 1 aromatic rings. The minimum atomic E-state index is -0.545. The van der Waals surface area contributed by atoms with E-state index in [0.717, 1.165) is 18.7 Å². The average Bonchev–Trinajstić information content (AvgIpc) is 2.35. The summed E-state index contributed by atoms with van der Waals surface area (Å²) >= 11 is 5.85. The van der Waals surface area contributed by atoms with Crippen LogP contribution in [0.15, 0.2) is 24.3 Å². The van der Waals surface area contributed by atoms with Crippen LogP contribution in [0.25, 0.3) is 0 Å². The van der Waals surface area contributed by atoms with Crippen molar-refractivity contribution in [3.63, 3.8) is 0 Å². The predicted molar refractivity (Wildman–Crippen MR) is 76.0 cm³/mol. The lowest BCUT2D eigenvalue weighted by atomic mass is 9.84. The smallest absolute Gasteiger partial charge is 0.230 e. The van der Waals surface area contributed by atoms with E-state index in [1.807, 2.05) is 45.0 Å². The molecule has 0 atom stereocenters. The first-order chi connectivity index (χ1) is 8.48. The Kier molecular flexibility index (Phi) is 5.63. The lowest BCUT2D eigenvalue weighted by Gasteiger charge is -2.24. The third-order valence-corrected chi connectivity index (χ3v) is 3.22. The second-order valence-electron chi connectivity index (χ2n) is 4.74. The zero-order chi connectivity index (χ0) is 13.6. The summed E-state index contributed by atoms with van der Waals surface area (Å²) in [6.45, 7) is 8.22. The van der Waals surface area contributed by atoms with E-state index in [1.165, 1.54) is 0 Å². The minimum absolute atomic E-state index is 0.0303. The molecule has 1 aromatic carbocycles. The summed E-state index contributed by atoms with van der Waals surface area (Å²) in [4.78, 5) is 12.1. The highest BCUT2D eigenvalue weighted by atomic mass is 35.5. The van der Waals surface area contributed by atoms with Crippen molar-refractivity contribution in [1.29, 1.82) is 0 Å². The molecule has 0 spiro atoms. The molecule has 1 rings (SSSR count). The zero-order valence-corrected chi connectivity index (χ0v) is 12.0. The molecule has 0 heterocycles. The first-order valence-electron chi connectivity index (χ1n) is 6.23. The maximum Gasteiger partial charge on any atom is 0.230 e. The van der Waals surface area contributed by atoms with E-state index in [1.54, 1.807) is 0 Å². The number of halogens is 1. The van der Waals surface area contributed by atoms with Gasteiger partial charge >= 0.3 is 0 Å². The quantitative estimate of drug-likeness (QED) is 0.778. The fourth-order valence-corrected chi connectivity index (χ4v) is 1.79. The normalized spacial score (nSPS) is 11.3. The monoisotopic (exact) mass is 268 g/mol. The van der Waals surface area contributed by atoms with Crippen molar-refractivity contribution >= 4 is 17.5 Å². The average molecular weight is 269 g/mol. The Hall–Kier alpha value is -1.06. The van der Waals surface area contributed by atoms with Crippen LogP contribution in [-0.2, 0) is 10.2 Å². The van der Waals surface area contributed by atoms with Gasteiger partial charge < -0.3 is 10.6 Å². The Balaban J connectivity index is 2.61. The fourth-order valence-electron chi connectivity index (χ4n) is 1.66. The van der Waals surface area contributed by atoms with E-state index in [4.69, 9.17) is 11.6 Å². The van der Waals surface area contributed by atoms with E-state index >= 15 is 0 Å². The summed E-state index contributed by atoms with van der Waals surface area (Å²) in [6.07, 6.45) is 0. The first kappa shape index (κ1) is 15.0. The third kappa shape index (κ3) is 4.00. The molecule has 0 radical (unpaired) electrons. The molecule has 0 aliphatic carbocycles. The second kappa shape index (κ2) is 6.76. The van der Waals surface area contributed by atoms with Crippen LogP contribution >= 0.6 is 11.6 Å². The van der Waals surface area contributed by atoms with Gasteiger partial charge in [-0.25, -0.2) is 0 Å². The van der Waals surface area contributed by atoms with Crippen LogP contribution in [0.3, 0.4) is 0 Å². The molecule has 0 fully saturated rings. The fraction of sp³-hybridized carbons (Fsp3) is 0.500. The number of carbonyl (C=O) groups excluding carboxylic acids is 1. The van der Waals surface area contributed by atoms with Crippen LogP contribution in [0.5, 0.6) is 0 Å².